The van der Waals surface area contributed by atoms with E-state index in [1.165, 1.54) is 38.5 Å². The quantitative estimate of drug-likeness (QED) is 0.613. The van der Waals surface area contributed by atoms with Gasteiger partial charge in [-0.2, -0.15) is 0 Å². The molecule has 1 aromatic carbocycles. The lowest BCUT2D eigenvalue weighted by Crippen LogP contribution is -2.08. The highest BCUT2D eigenvalue weighted by Crippen LogP contribution is 2.24. The molecule has 1 aliphatic carbocycles. The highest BCUT2D eigenvalue weighted by molar-refractivity contribution is 5.38. The summed E-state index contributed by atoms with van der Waals surface area (Å²) in [6, 6.07) is 7.04. The number of unbranched alkanes of at least 4 members (excludes halogenated alkanes) is 2. The maximum atomic E-state index is 2.41. The standard InChI is InChI=1S/C13H18/c1-2-3-4-5-11-6-7-12-8-9-13(12)10-11/h6-7,10H,2-5,8-9H2,1H3. The van der Waals surface area contributed by atoms with E-state index in [1.54, 1.807) is 16.7 Å². The van der Waals surface area contributed by atoms with Gasteiger partial charge < -0.3 is 0 Å². The zero-order valence-electron chi connectivity index (χ0n) is 8.47. The normalized spacial score (nSPS) is 13.6. The van der Waals surface area contributed by atoms with Crippen molar-refractivity contribution in [1.82, 2.24) is 0 Å². The van der Waals surface area contributed by atoms with E-state index in [0.29, 0.717) is 0 Å². The second-order valence-corrected chi connectivity index (χ2v) is 4.06. The minimum atomic E-state index is 1.28. The minimum Gasteiger partial charge on any atom is -0.0654 e. The summed E-state index contributed by atoms with van der Waals surface area (Å²) in [5.41, 5.74) is 4.74. The summed E-state index contributed by atoms with van der Waals surface area (Å²) in [5.74, 6) is 0. The molecule has 0 saturated heterocycles. The molecule has 2 rings (SSSR count). The van der Waals surface area contributed by atoms with Crippen molar-refractivity contribution in [3.63, 3.8) is 0 Å². The maximum Gasteiger partial charge on any atom is -0.0235 e. The van der Waals surface area contributed by atoms with E-state index in [9.17, 15) is 0 Å². The third-order valence-corrected chi connectivity index (χ3v) is 3.00. The Hall–Kier alpha value is -0.780. The molecule has 13 heavy (non-hydrogen) atoms. The highest BCUT2D eigenvalue weighted by Gasteiger charge is 2.12. The third-order valence-electron chi connectivity index (χ3n) is 3.00. The van der Waals surface area contributed by atoms with Crippen molar-refractivity contribution in [3.8, 4) is 0 Å². The van der Waals surface area contributed by atoms with Crippen LogP contribution in [-0.2, 0) is 19.3 Å². The number of aryl methyl sites for hydroxylation is 3. The largest absolute Gasteiger partial charge is 0.0654 e. The van der Waals surface area contributed by atoms with Gasteiger partial charge in [-0.1, -0.05) is 38.0 Å². The fourth-order valence-corrected chi connectivity index (χ4v) is 1.98. The zero-order valence-corrected chi connectivity index (χ0v) is 8.47. The Kier molecular flexibility index (Phi) is 2.68. The molecule has 0 atom stereocenters. The summed E-state index contributed by atoms with van der Waals surface area (Å²) < 4.78 is 0. The van der Waals surface area contributed by atoms with Crippen molar-refractivity contribution < 1.29 is 0 Å². The van der Waals surface area contributed by atoms with Crippen LogP contribution in [0.3, 0.4) is 0 Å². The van der Waals surface area contributed by atoms with Gasteiger partial charge in [0.15, 0.2) is 0 Å². The van der Waals surface area contributed by atoms with Crippen LogP contribution in [0.15, 0.2) is 18.2 Å². The summed E-state index contributed by atoms with van der Waals surface area (Å²) in [6.07, 6.45) is 7.96. The van der Waals surface area contributed by atoms with Gasteiger partial charge >= 0.3 is 0 Å². The van der Waals surface area contributed by atoms with Gasteiger partial charge in [0.05, 0.1) is 0 Å². The van der Waals surface area contributed by atoms with Crippen LogP contribution < -0.4 is 0 Å². The van der Waals surface area contributed by atoms with E-state index >= 15 is 0 Å². The van der Waals surface area contributed by atoms with Crippen molar-refractivity contribution in [1.29, 1.82) is 0 Å². The third kappa shape index (κ3) is 1.93. The van der Waals surface area contributed by atoms with Crippen LogP contribution >= 0.6 is 0 Å². The number of fused-ring (bicyclic) bond motifs is 1. The van der Waals surface area contributed by atoms with E-state index in [2.05, 4.69) is 25.1 Å². The first kappa shape index (κ1) is 8.80. The molecule has 0 N–H and O–H groups in total. The van der Waals surface area contributed by atoms with Crippen LogP contribution in [0.2, 0.25) is 0 Å². The Balaban J connectivity index is 1.93. The molecule has 0 nitrogen and oxygen atoms in total. The van der Waals surface area contributed by atoms with Crippen LogP contribution in [-0.4, -0.2) is 0 Å². The van der Waals surface area contributed by atoms with Crippen LogP contribution in [0.1, 0.15) is 42.9 Å². The molecule has 0 radical (unpaired) electrons. The number of benzene rings is 1. The Morgan fingerprint density at radius 1 is 1.08 bits per heavy atom. The molecule has 0 aromatic heterocycles. The van der Waals surface area contributed by atoms with Gasteiger partial charge in [0.1, 0.15) is 0 Å². The van der Waals surface area contributed by atoms with E-state index in [1.807, 2.05) is 0 Å². The van der Waals surface area contributed by atoms with Gasteiger partial charge in [-0.15, -0.1) is 0 Å². The van der Waals surface area contributed by atoms with Crippen LogP contribution in [0.4, 0.5) is 0 Å². The first-order valence-corrected chi connectivity index (χ1v) is 5.51. The Bertz CT molecular complexity index is 286. The molecule has 0 heteroatoms. The highest BCUT2D eigenvalue weighted by atomic mass is 14.2. The summed E-state index contributed by atoms with van der Waals surface area (Å²) in [4.78, 5) is 0. The minimum absolute atomic E-state index is 1.28. The molecular formula is C13H18. The summed E-state index contributed by atoms with van der Waals surface area (Å²) in [5, 5.41) is 0. The van der Waals surface area contributed by atoms with E-state index in [4.69, 9.17) is 0 Å². The Morgan fingerprint density at radius 3 is 2.54 bits per heavy atom. The van der Waals surface area contributed by atoms with Gasteiger partial charge in [-0.3, -0.25) is 0 Å². The van der Waals surface area contributed by atoms with Crippen molar-refractivity contribution in [2.24, 2.45) is 0 Å². The molecule has 1 aliphatic rings. The molecule has 70 valence electrons. The average molecular weight is 174 g/mol. The van der Waals surface area contributed by atoms with Crippen LogP contribution in [0.5, 0.6) is 0 Å². The summed E-state index contributed by atoms with van der Waals surface area (Å²) in [7, 11) is 0. The molecule has 0 unspecified atom stereocenters. The fourth-order valence-electron chi connectivity index (χ4n) is 1.98. The van der Waals surface area contributed by atoms with Gasteiger partial charge in [0, 0.05) is 0 Å². The van der Waals surface area contributed by atoms with Crippen molar-refractivity contribution in [3.05, 3.63) is 34.9 Å². The van der Waals surface area contributed by atoms with Crippen molar-refractivity contribution in [2.75, 3.05) is 0 Å². The topological polar surface area (TPSA) is 0 Å². The predicted octanol–water partition coefficient (Wildman–Crippen LogP) is 3.52. The molecule has 0 aliphatic heterocycles. The monoisotopic (exact) mass is 174 g/mol. The molecule has 0 bridgehead atoms. The summed E-state index contributed by atoms with van der Waals surface area (Å²) >= 11 is 0. The molecule has 0 fully saturated rings. The molecule has 1 aromatic rings. The smallest absolute Gasteiger partial charge is 0.0235 e. The van der Waals surface area contributed by atoms with Gasteiger partial charge in [-0.05, 0) is 42.4 Å². The second kappa shape index (κ2) is 3.95. The zero-order chi connectivity index (χ0) is 9.10. The number of hydrogen-bond acceptors (Lipinski definition) is 0. The molecular weight excluding hydrogens is 156 g/mol. The van der Waals surface area contributed by atoms with Crippen LogP contribution in [0, 0.1) is 0 Å². The molecule has 0 amide bonds. The molecule has 0 spiro atoms. The molecule has 0 saturated carbocycles. The van der Waals surface area contributed by atoms with Gasteiger partial charge in [0.2, 0.25) is 0 Å². The fraction of sp³-hybridized carbons (Fsp3) is 0.538. The Labute approximate surface area is 81.0 Å². The lowest BCUT2D eigenvalue weighted by molar-refractivity contribution is 0.714. The lowest BCUT2D eigenvalue weighted by Gasteiger charge is -2.19. The van der Waals surface area contributed by atoms with Crippen LogP contribution in [0.25, 0.3) is 0 Å². The van der Waals surface area contributed by atoms with Crippen molar-refractivity contribution in [2.45, 2.75) is 45.4 Å². The van der Waals surface area contributed by atoms with Crippen molar-refractivity contribution >= 4 is 0 Å². The first-order chi connectivity index (χ1) is 6.40. The number of rotatable bonds is 4. The van der Waals surface area contributed by atoms with E-state index in [0.717, 1.165) is 0 Å². The predicted molar refractivity (Wildman–Crippen MR) is 57.1 cm³/mol. The van der Waals surface area contributed by atoms with Gasteiger partial charge in [-0.25, -0.2) is 0 Å². The molecule has 0 heterocycles. The van der Waals surface area contributed by atoms with E-state index < -0.39 is 0 Å². The van der Waals surface area contributed by atoms with Gasteiger partial charge in [0.25, 0.3) is 0 Å². The number of hydrogen-bond donors (Lipinski definition) is 0. The van der Waals surface area contributed by atoms with E-state index in [-0.39, 0.29) is 0 Å². The average Bonchev–Trinajstić information content (AvgIpc) is 2.10. The SMILES string of the molecule is CCCCCc1ccc2c(c1)CC2. The maximum absolute atomic E-state index is 2.41. The lowest BCUT2D eigenvalue weighted by atomic mass is 9.86. The second-order valence-electron chi connectivity index (χ2n) is 4.06. The first-order valence-electron chi connectivity index (χ1n) is 5.51. The summed E-state index contributed by atoms with van der Waals surface area (Å²) in [6.45, 7) is 2.26. The Morgan fingerprint density at radius 2 is 1.92 bits per heavy atom.